The molecular formula is C8H17N3O3. The Bertz CT molecular complexity index is 206. The van der Waals surface area contributed by atoms with Crippen LogP contribution in [-0.4, -0.2) is 54.6 Å². The van der Waals surface area contributed by atoms with E-state index in [2.05, 4.69) is 5.32 Å². The van der Waals surface area contributed by atoms with E-state index in [0.29, 0.717) is 6.54 Å². The molecule has 1 atom stereocenters. The summed E-state index contributed by atoms with van der Waals surface area (Å²) >= 11 is 0. The van der Waals surface area contributed by atoms with Crippen LogP contribution < -0.4 is 11.1 Å². The standard InChI is InChI=1S/C8H17N3O3/c1-6(12)5-11(2)8(14)7(13)10-4-3-9/h6,12H,3-5,9H2,1-2H3,(H,10,13). The van der Waals surface area contributed by atoms with Crippen LogP contribution in [-0.2, 0) is 9.59 Å². The van der Waals surface area contributed by atoms with Gasteiger partial charge in [0.2, 0.25) is 0 Å². The summed E-state index contributed by atoms with van der Waals surface area (Å²) in [6.07, 6.45) is -0.647. The van der Waals surface area contributed by atoms with Gasteiger partial charge in [0.15, 0.2) is 0 Å². The van der Waals surface area contributed by atoms with Crippen molar-refractivity contribution in [3.8, 4) is 0 Å². The van der Waals surface area contributed by atoms with Gasteiger partial charge in [-0.05, 0) is 6.92 Å². The molecule has 4 N–H and O–H groups in total. The number of nitrogens with two attached hydrogens (primary N) is 1. The molecule has 2 amide bonds. The van der Waals surface area contributed by atoms with Gasteiger partial charge in [0.25, 0.3) is 0 Å². The molecular weight excluding hydrogens is 186 g/mol. The van der Waals surface area contributed by atoms with Crippen molar-refractivity contribution in [1.82, 2.24) is 10.2 Å². The van der Waals surface area contributed by atoms with Gasteiger partial charge in [-0.2, -0.15) is 0 Å². The number of carbonyl (C=O) groups excluding carboxylic acids is 2. The summed E-state index contributed by atoms with van der Waals surface area (Å²) in [5.41, 5.74) is 5.15. The van der Waals surface area contributed by atoms with E-state index in [1.807, 2.05) is 0 Å². The molecule has 0 saturated heterocycles. The first-order chi connectivity index (χ1) is 6.49. The Hall–Kier alpha value is -1.14. The molecule has 0 fully saturated rings. The van der Waals surface area contributed by atoms with E-state index in [9.17, 15) is 9.59 Å². The Labute approximate surface area is 83.1 Å². The molecule has 0 heterocycles. The molecule has 14 heavy (non-hydrogen) atoms. The van der Waals surface area contributed by atoms with E-state index < -0.39 is 17.9 Å². The zero-order valence-corrected chi connectivity index (χ0v) is 8.49. The molecule has 0 radical (unpaired) electrons. The third-order valence-electron chi connectivity index (χ3n) is 1.51. The Morgan fingerprint density at radius 3 is 2.57 bits per heavy atom. The van der Waals surface area contributed by atoms with Crippen molar-refractivity contribution in [2.75, 3.05) is 26.7 Å². The summed E-state index contributed by atoms with van der Waals surface area (Å²) in [6.45, 7) is 2.24. The Balaban J connectivity index is 3.98. The van der Waals surface area contributed by atoms with Crippen molar-refractivity contribution in [1.29, 1.82) is 0 Å². The number of hydrogen-bond donors (Lipinski definition) is 3. The van der Waals surface area contributed by atoms with Crippen LogP contribution in [0.5, 0.6) is 0 Å². The first kappa shape index (κ1) is 12.9. The first-order valence-corrected chi connectivity index (χ1v) is 4.40. The number of nitrogens with one attached hydrogen (secondary N) is 1. The predicted molar refractivity (Wildman–Crippen MR) is 51.4 cm³/mol. The van der Waals surface area contributed by atoms with Gasteiger partial charge in [-0.15, -0.1) is 0 Å². The minimum atomic E-state index is -0.696. The zero-order valence-electron chi connectivity index (χ0n) is 8.49. The zero-order chi connectivity index (χ0) is 11.1. The topological polar surface area (TPSA) is 95.7 Å². The number of hydrogen-bond acceptors (Lipinski definition) is 4. The highest BCUT2D eigenvalue weighted by atomic mass is 16.3. The molecule has 0 aliphatic carbocycles. The van der Waals surface area contributed by atoms with E-state index in [1.165, 1.54) is 7.05 Å². The quantitative estimate of drug-likeness (QED) is 0.456. The average Bonchev–Trinajstić information content (AvgIpc) is 2.11. The van der Waals surface area contributed by atoms with Crippen molar-refractivity contribution in [3.63, 3.8) is 0 Å². The Kier molecular flexibility index (Phi) is 5.82. The second-order valence-electron chi connectivity index (χ2n) is 3.08. The van der Waals surface area contributed by atoms with Crippen molar-refractivity contribution in [3.05, 3.63) is 0 Å². The van der Waals surface area contributed by atoms with Crippen LogP contribution in [0.3, 0.4) is 0 Å². The van der Waals surface area contributed by atoms with Gasteiger partial charge in [0, 0.05) is 26.7 Å². The van der Waals surface area contributed by atoms with E-state index in [-0.39, 0.29) is 13.1 Å². The molecule has 0 saturated carbocycles. The van der Waals surface area contributed by atoms with Crippen LogP contribution in [0, 0.1) is 0 Å². The van der Waals surface area contributed by atoms with E-state index >= 15 is 0 Å². The van der Waals surface area contributed by atoms with Crippen LogP contribution in [0.15, 0.2) is 0 Å². The molecule has 1 unspecified atom stereocenters. The van der Waals surface area contributed by atoms with Crippen LogP contribution in [0.1, 0.15) is 6.92 Å². The minimum absolute atomic E-state index is 0.134. The smallest absolute Gasteiger partial charge is 0.311 e. The lowest BCUT2D eigenvalue weighted by Crippen LogP contribution is -2.44. The van der Waals surface area contributed by atoms with Crippen molar-refractivity contribution in [2.24, 2.45) is 5.73 Å². The van der Waals surface area contributed by atoms with Crippen LogP contribution >= 0.6 is 0 Å². The number of nitrogens with zero attached hydrogens (tertiary/aromatic N) is 1. The SMILES string of the molecule is CC(O)CN(C)C(=O)C(=O)NCCN. The monoisotopic (exact) mass is 203 g/mol. The van der Waals surface area contributed by atoms with E-state index in [4.69, 9.17) is 10.8 Å². The molecule has 0 aliphatic heterocycles. The summed E-state index contributed by atoms with van der Waals surface area (Å²) < 4.78 is 0. The van der Waals surface area contributed by atoms with Crippen LogP contribution in [0.25, 0.3) is 0 Å². The van der Waals surface area contributed by atoms with Crippen molar-refractivity contribution < 1.29 is 14.7 Å². The fourth-order valence-corrected chi connectivity index (χ4v) is 0.914. The third kappa shape index (κ3) is 4.78. The number of aliphatic hydroxyl groups excluding tert-OH is 1. The maximum atomic E-state index is 11.2. The van der Waals surface area contributed by atoms with Crippen molar-refractivity contribution in [2.45, 2.75) is 13.0 Å². The van der Waals surface area contributed by atoms with Crippen LogP contribution in [0.4, 0.5) is 0 Å². The van der Waals surface area contributed by atoms with E-state index in [0.717, 1.165) is 4.90 Å². The Morgan fingerprint density at radius 2 is 2.14 bits per heavy atom. The maximum Gasteiger partial charge on any atom is 0.311 e. The van der Waals surface area contributed by atoms with Gasteiger partial charge in [-0.25, -0.2) is 0 Å². The van der Waals surface area contributed by atoms with Gasteiger partial charge in [0.1, 0.15) is 0 Å². The molecule has 6 heteroatoms. The predicted octanol–water partition coefficient (Wildman–Crippen LogP) is -2.10. The Morgan fingerprint density at radius 1 is 1.57 bits per heavy atom. The molecule has 6 nitrogen and oxygen atoms in total. The summed E-state index contributed by atoms with van der Waals surface area (Å²) in [7, 11) is 1.46. The normalized spacial score (nSPS) is 12.0. The molecule has 0 aromatic rings. The van der Waals surface area contributed by atoms with Crippen LogP contribution in [0.2, 0.25) is 0 Å². The molecule has 82 valence electrons. The highest BCUT2D eigenvalue weighted by Crippen LogP contribution is 1.89. The summed E-state index contributed by atoms with van der Waals surface area (Å²) in [4.78, 5) is 23.5. The lowest BCUT2D eigenvalue weighted by molar-refractivity contribution is -0.145. The highest BCUT2D eigenvalue weighted by Gasteiger charge is 2.18. The van der Waals surface area contributed by atoms with Gasteiger partial charge in [-0.1, -0.05) is 0 Å². The molecule has 0 aromatic heterocycles. The fourth-order valence-electron chi connectivity index (χ4n) is 0.914. The summed E-state index contributed by atoms with van der Waals surface area (Å²) in [5.74, 6) is -1.36. The van der Waals surface area contributed by atoms with E-state index in [1.54, 1.807) is 6.92 Å². The van der Waals surface area contributed by atoms with Crippen molar-refractivity contribution >= 4 is 11.8 Å². The molecule has 0 bridgehead atoms. The maximum absolute atomic E-state index is 11.2. The number of aliphatic hydroxyl groups is 1. The highest BCUT2D eigenvalue weighted by molar-refractivity contribution is 6.34. The number of carbonyl (C=O) groups is 2. The molecule has 0 rings (SSSR count). The number of amides is 2. The minimum Gasteiger partial charge on any atom is -0.392 e. The first-order valence-electron chi connectivity index (χ1n) is 4.40. The van der Waals surface area contributed by atoms with Gasteiger partial charge in [0.05, 0.1) is 6.10 Å². The molecule has 0 spiro atoms. The van der Waals surface area contributed by atoms with Gasteiger partial charge >= 0.3 is 11.8 Å². The van der Waals surface area contributed by atoms with Gasteiger partial charge < -0.3 is 21.1 Å². The van der Waals surface area contributed by atoms with Gasteiger partial charge in [-0.3, -0.25) is 9.59 Å². The largest absolute Gasteiger partial charge is 0.392 e. The molecule has 0 aliphatic rings. The lowest BCUT2D eigenvalue weighted by Gasteiger charge is -2.17. The summed E-state index contributed by atoms with van der Waals surface area (Å²) in [6, 6.07) is 0. The molecule has 0 aromatic carbocycles. The second-order valence-corrected chi connectivity index (χ2v) is 3.08. The fraction of sp³-hybridized carbons (Fsp3) is 0.750. The number of likely N-dealkylation sites (N-methyl/N-ethyl adjacent to an activating group) is 1. The second kappa shape index (κ2) is 6.33. The average molecular weight is 203 g/mol. The summed E-state index contributed by atoms with van der Waals surface area (Å²) in [5, 5.41) is 11.3. The lowest BCUT2D eigenvalue weighted by atomic mass is 10.3. The third-order valence-corrected chi connectivity index (χ3v) is 1.51. The number of rotatable bonds is 4.